The van der Waals surface area contributed by atoms with Crippen molar-refractivity contribution in [2.75, 3.05) is 5.73 Å². The zero-order valence-corrected chi connectivity index (χ0v) is 13.0. The van der Waals surface area contributed by atoms with E-state index < -0.39 is 17.7 Å². The number of anilines is 1. The highest BCUT2D eigenvalue weighted by atomic mass is 35.5. The number of hydrogen-bond acceptors (Lipinski definition) is 6. The van der Waals surface area contributed by atoms with Crippen LogP contribution in [0.5, 0.6) is 17.2 Å². The number of rotatable bonds is 3. The van der Waals surface area contributed by atoms with E-state index in [9.17, 15) is 18.0 Å². The Labute approximate surface area is 144 Å². The van der Waals surface area contributed by atoms with Crippen molar-refractivity contribution >= 4 is 29.3 Å². The second-order valence-corrected chi connectivity index (χ2v) is 4.61. The number of ether oxygens (including phenoxy) is 2. The maximum atomic E-state index is 12.5. The molecule has 0 saturated carbocycles. The van der Waals surface area contributed by atoms with Gasteiger partial charge in [-0.25, -0.2) is 9.97 Å². The summed E-state index contributed by atoms with van der Waals surface area (Å²) in [5.41, 5.74) is 5.39. The summed E-state index contributed by atoms with van der Waals surface area (Å²) < 4.78 is 46.9. The van der Waals surface area contributed by atoms with Crippen LogP contribution in [0, 0.1) is 0 Å². The molecule has 3 N–H and O–H groups in total. The molecule has 3 rings (SSSR count). The Balaban J connectivity index is 0.00000225. The number of aromatic nitrogens is 3. The number of aromatic amines is 1. The average Bonchev–Trinajstić information content (AvgIpc) is 2.48. The lowest BCUT2D eigenvalue weighted by atomic mass is 10.3. The van der Waals surface area contributed by atoms with Crippen molar-refractivity contribution in [2.45, 2.75) is 6.36 Å². The van der Waals surface area contributed by atoms with Gasteiger partial charge < -0.3 is 20.2 Å². The average molecular weight is 375 g/mol. The van der Waals surface area contributed by atoms with Gasteiger partial charge in [0, 0.05) is 24.0 Å². The monoisotopic (exact) mass is 374 g/mol. The molecule has 0 aliphatic carbocycles. The summed E-state index contributed by atoms with van der Waals surface area (Å²) >= 11 is 0. The van der Waals surface area contributed by atoms with Crippen LogP contribution in [0.2, 0.25) is 0 Å². The number of pyridine rings is 1. The molecule has 3 aromatic rings. The summed E-state index contributed by atoms with van der Waals surface area (Å²) in [7, 11) is 0. The van der Waals surface area contributed by atoms with E-state index in [2.05, 4.69) is 19.7 Å². The second-order valence-electron chi connectivity index (χ2n) is 4.61. The van der Waals surface area contributed by atoms with Gasteiger partial charge in [0.25, 0.3) is 5.56 Å². The molecule has 0 aliphatic heterocycles. The molecule has 1 aromatic carbocycles. The normalized spacial score (nSPS) is 11.0. The van der Waals surface area contributed by atoms with Gasteiger partial charge in [0.05, 0.1) is 6.20 Å². The van der Waals surface area contributed by atoms with Crippen LogP contribution in [0.3, 0.4) is 0 Å². The number of H-pyrrole nitrogens is 1. The van der Waals surface area contributed by atoms with E-state index in [1.807, 2.05) is 0 Å². The van der Waals surface area contributed by atoms with E-state index in [-0.39, 0.29) is 40.8 Å². The van der Waals surface area contributed by atoms with Crippen LogP contribution in [-0.4, -0.2) is 21.3 Å². The molecule has 0 unspecified atom stereocenters. The van der Waals surface area contributed by atoms with Crippen molar-refractivity contribution in [3.63, 3.8) is 0 Å². The minimum atomic E-state index is -4.91. The SMILES string of the molecule is Cl.Nc1ccc(Oc2ccnc3[nH]c(=O)cnc23)c(OC(F)(F)F)c1. The number of nitrogens with two attached hydrogens (primary N) is 1. The topological polar surface area (TPSA) is 103 Å². The summed E-state index contributed by atoms with van der Waals surface area (Å²) in [5.74, 6) is -0.730. The molecule has 0 atom stereocenters. The number of hydrogen-bond donors (Lipinski definition) is 2. The number of alkyl halides is 3. The third kappa shape index (κ3) is 4.29. The lowest BCUT2D eigenvalue weighted by molar-refractivity contribution is -0.275. The number of halogens is 4. The highest BCUT2D eigenvalue weighted by Gasteiger charge is 2.32. The first-order chi connectivity index (χ1) is 11.3. The molecular weight excluding hydrogens is 365 g/mol. The van der Waals surface area contributed by atoms with E-state index in [1.54, 1.807) is 0 Å². The molecule has 0 bridgehead atoms. The Hall–Kier alpha value is -3.01. The van der Waals surface area contributed by atoms with Crippen molar-refractivity contribution in [1.82, 2.24) is 15.0 Å². The predicted octanol–water partition coefficient (Wildman–Crippen LogP) is 3.01. The minimum Gasteiger partial charge on any atom is -0.451 e. The van der Waals surface area contributed by atoms with E-state index in [0.717, 1.165) is 12.3 Å². The molecule has 2 aromatic heterocycles. The van der Waals surface area contributed by atoms with Crippen molar-refractivity contribution in [3.05, 3.63) is 47.0 Å². The van der Waals surface area contributed by atoms with E-state index in [0.29, 0.717) is 0 Å². The quantitative estimate of drug-likeness (QED) is 0.683. The zero-order chi connectivity index (χ0) is 17.3. The highest BCUT2D eigenvalue weighted by Crippen LogP contribution is 2.37. The standard InChI is InChI=1S/C14H9F3N4O3.ClH/c15-14(16,17)24-10-5-7(18)1-2-8(10)23-9-3-4-19-13-12(9)20-6-11(22)21-13;/h1-6H,18H2,(H,19,21,22);1H. The first-order valence-corrected chi connectivity index (χ1v) is 6.49. The summed E-state index contributed by atoms with van der Waals surface area (Å²) in [6, 6.07) is 4.97. The van der Waals surface area contributed by atoms with Gasteiger partial charge in [0.15, 0.2) is 22.9 Å². The van der Waals surface area contributed by atoms with Crippen LogP contribution in [0.4, 0.5) is 18.9 Å². The minimum absolute atomic E-state index is 0. The van der Waals surface area contributed by atoms with Gasteiger partial charge in [-0.1, -0.05) is 0 Å². The summed E-state index contributed by atoms with van der Waals surface area (Å²) in [5, 5.41) is 0. The second kappa shape index (κ2) is 6.85. The van der Waals surface area contributed by atoms with E-state index >= 15 is 0 Å². The van der Waals surface area contributed by atoms with Crippen LogP contribution in [-0.2, 0) is 0 Å². The predicted molar refractivity (Wildman–Crippen MR) is 85.0 cm³/mol. The van der Waals surface area contributed by atoms with Crippen LogP contribution in [0.25, 0.3) is 11.2 Å². The Morgan fingerprint density at radius 3 is 2.56 bits per heavy atom. The van der Waals surface area contributed by atoms with E-state index in [4.69, 9.17) is 10.5 Å². The fourth-order valence-corrected chi connectivity index (χ4v) is 1.94. The number of fused-ring (bicyclic) bond motifs is 1. The Bertz CT molecular complexity index is 962. The van der Waals surface area contributed by atoms with Crippen LogP contribution in [0.15, 0.2) is 41.5 Å². The number of benzene rings is 1. The van der Waals surface area contributed by atoms with Gasteiger partial charge in [-0.15, -0.1) is 25.6 Å². The zero-order valence-electron chi connectivity index (χ0n) is 12.2. The Kier molecular flexibility index (Phi) is 5.02. The molecule has 0 radical (unpaired) electrons. The molecule has 0 saturated heterocycles. The summed E-state index contributed by atoms with van der Waals surface area (Å²) in [4.78, 5) is 21.5. The van der Waals surface area contributed by atoms with Gasteiger partial charge in [-0.05, 0) is 12.1 Å². The highest BCUT2D eigenvalue weighted by molar-refractivity contribution is 5.85. The lowest BCUT2D eigenvalue weighted by Crippen LogP contribution is -2.17. The molecule has 11 heteroatoms. The number of nitrogen functional groups attached to an aromatic ring is 1. The fraction of sp³-hybridized carbons (Fsp3) is 0.0714. The maximum Gasteiger partial charge on any atom is 0.573 e. The molecular formula is C14H10ClF3N4O3. The van der Waals surface area contributed by atoms with Gasteiger partial charge in [-0.2, -0.15) is 0 Å². The maximum absolute atomic E-state index is 12.5. The molecule has 7 nitrogen and oxygen atoms in total. The molecule has 2 heterocycles. The third-order valence-corrected chi connectivity index (χ3v) is 2.85. The summed E-state index contributed by atoms with van der Waals surface area (Å²) in [6.07, 6.45) is -2.58. The fourth-order valence-electron chi connectivity index (χ4n) is 1.94. The molecule has 0 spiro atoms. The summed E-state index contributed by atoms with van der Waals surface area (Å²) in [6.45, 7) is 0. The van der Waals surface area contributed by atoms with E-state index in [1.165, 1.54) is 24.4 Å². The van der Waals surface area contributed by atoms with Crippen molar-refractivity contribution in [1.29, 1.82) is 0 Å². The molecule has 0 aliphatic rings. The lowest BCUT2D eigenvalue weighted by Gasteiger charge is -2.14. The van der Waals surface area contributed by atoms with Crippen molar-refractivity contribution in [3.8, 4) is 17.2 Å². The third-order valence-electron chi connectivity index (χ3n) is 2.85. The van der Waals surface area contributed by atoms with Gasteiger partial charge >= 0.3 is 6.36 Å². The van der Waals surface area contributed by atoms with Gasteiger partial charge in [-0.3, -0.25) is 4.79 Å². The molecule has 0 amide bonds. The molecule has 25 heavy (non-hydrogen) atoms. The van der Waals surface area contributed by atoms with Gasteiger partial charge in [0.2, 0.25) is 0 Å². The van der Waals surface area contributed by atoms with Crippen molar-refractivity contribution in [2.24, 2.45) is 0 Å². The molecule has 0 fully saturated rings. The van der Waals surface area contributed by atoms with Crippen LogP contribution < -0.4 is 20.8 Å². The smallest absolute Gasteiger partial charge is 0.451 e. The first kappa shape index (κ1) is 18.3. The van der Waals surface area contributed by atoms with Crippen LogP contribution >= 0.6 is 12.4 Å². The Morgan fingerprint density at radius 1 is 1.08 bits per heavy atom. The van der Waals surface area contributed by atoms with Gasteiger partial charge in [0.1, 0.15) is 5.52 Å². The van der Waals surface area contributed by atoms with Crippen molar-refractivity contribution < 1.29 is 22.6 Å². The van der Waals surface area contributed by atoms with Crippen LogP contribution in [0.1, 0.15) is 0 Å². The largest absolute Gasteiger partial charge is 0.573 e. The Morgan fingerprint density at radius 2 is 1.84 bits per heavy atom. The molecule has 132 valence electrons. The number of nitrogens with zero attached hydrogens (tertiary/aromatic N) is 2. The first-order valence-electron chi connectivity index (χ1n) is 6.49. The number of nitrogens with one attached hydrogen (secondary N) is 1.